The van der Waals surface area contributed by atoms with Crippen LogP contribution in [-0.4, -0.2) is 25.2 Å². The maximum Gasteiger partial charge on any atom is 0.221 e. The number of methoxy groups -OCH3 is 1. The topological polar surface area (TPSA) is 71.3 Å². The molecule has 114 valence electrons. The molecule has 5 heteroatoms. The van der Waals surface area contributed by atoms with Gasteiger partial charge >= 0.3 is 0 Å². The van der Waals surface area contributed by atoms with Crippen molar-refractivity contribution in [2.45, 2.75) is 39.2 Å². The van der Waals surface area contributed by atoms with E-state index in [2.05, 4.69) is 5.32 Å². The highest BCUT2D eigenvalue weighted by Gasteiger charge is 2.19. The fourth-order valence-electron chi connectivity index (χ4n) is 1.84. The van der Waals surface area contributed by atoms with Crippen molar-refractivity contribution >= 4 is 5.91 Å². The Balaban J connectivity index is 2.64. The number of rotatable bonds is 7. The highest BCUT2D eigenvalue weighted by molar-refractivity contribution is 5.77. The summed E-state index contributed by atoms with van der Waals surface area (Å²) >= 11 is 0. The number of nitrogens with one attached hydrogen (secondary N) is 1. The standard InChI is InChI=1S/C16H22N2O3/c1-5-21-13-8-6-12(10-14(13)20-4)7-9-15(19)18-16(2,3)11-17/h6,8,10H,5,7,9H2,1-4H3,(H,18,19). The van der Waals surface area contributed by atoms with Gasteiger partial charge in [0, 0.05) is 6.42 Å². The Morgan fingerprint density at radius 2 is 2.10 bits per heavy atom. The molecular weight excluding hydrogens is 268 g/mol. The molecule has 0 heterocycles. The second-order valence-electron chi connectivity index (χ2n) is 5.20. The van der Waals surface area contributed by atoms with Gasteiger partial charge in [0.2, 0.25) is 5.91 Å². The molecule has 0 fully saturated rings. The number of benzene rings is 1. The molecule has 0 unspecified atom stereocenters. The van der Waals surface area contributed by atoms with Gasteiger partial charge in [-0.05, 0) is 44.9 Å². The van der Waals surface area contributed by atoms with Gasteiger partial charge in [0.25, 0.3) is 0 Å². The Bertz CT molecular complexity index is 533. The lowest BCUT2D eigenvalue weighted by molar-refractivity contribution is -0.122. The lowest BCUT2D eigenvalue weighted by atomic mass is 10.1. The molecule has 1 amide bonds. The summed E-state index contributed by atoms with van der Waals surface area (Å²) in [5, 5.41) is 11.6. The Labute approximate surface area is 125 Å². The summed E-state index contributed by atoms with van der Waals surface area (Å²) in [7, 11) is 1.59. The van der Waals surface area contributed by atoms with E-state index in [1.54, 1.807) is 21.0 Å². The van der Waals surface area contributed by atoms with E-state index in [1.165, 1.54) is 0 Å². The number of carbonyl (C=O) groups is 1. The molecule has 21 heavy (non-hydrogen) atoms. The first-order chi connectivity index (χ1) is 9.91. The van der Waals surface area contributed by atoms with E-state index < -0.39 is 5.54 Å². The third kappa shape index (κ3) is 5.35. The fourth-order valence-corrected chi connectivity index (χ4v) is 1.84. The SMILES string of the molecule is CCOc1ccc(CCC(=O)NC(C)(C)C#N)cc1OC. The molecule has 0 radical (unpaired) electrons. The van der Waals surface area contributed by atoms with E-state index in [-0.39, 0.29) is 5.91 Å². The minimum absolute atomic E-state index is 0.144. The van der Waals surface area contributed by atoms with Gasteiger partial charge in [-0.1, -0.05) is 6.07 Å². The highest BCUT2D eigenvalue weighted by atomic mass is 16.5. The summed E-state index contributed by atoms with van der Waals surface area (Å²) in [5.41, 5.74) is 0.147. The molecule has 5 nitrogen and oxygen atoms in total. The van der Waals surface area contributed by atoms with Crippen LogP contribution in [0.1, 0.15) is 32.8 Å². The Morgan fingerprint density at radius 1 is 1.38 bits per heavy atom. The molecule has 0 aromatic heterocycles. The summed E-state index contributed by atoms with van der Waals surface area (Å²) < 4.78 is 10.7. The average molecular weight is 290 g/mol. The molecule has 0 saturated carbocycles. The highest BCUT2D eigenvalue weighted by Crippen LogP contribution is 2.28. The van der Waals surface area contributed by atoms with Crippen LogP contribution in [0.3, 0.4) is 0 Å². The largest absolute Gasteiger partial charge is 0.493 e. The van der Waals surface area contributed by atoms with Crippen LogP contribution in [0, 0.1) is 11.3 Å². The number of amides is 1. The summed E-state index contributed by atoms with van der Waals surface area (Å²) in [4.78, 5) is 11.8. The van der Waals surface area contributed by atoms with Gasteiger partial charge < -0.3 is 14.8 Å². The summed E-state index contributed by atoms with van der Waals surface area (Å²) in [5.74, 6) is 1.21. The lowest BCUT2D eigenvalue weighted by Crippen LogP contribution is -2.42. The van der Waals surface area contributed by atoms with E-state index in [9.17, 15) is 4.79 Å². The van der Waals surface area contributed by atoms with Gasteiger partial charge in [0.1, 0.15) is 5.54 Å². The van der Waals surface area contributed by atoms with Crippen LogP contribution in [0.5, 0.6) is 11.5 Å². The quantitative estimate of drug-likeness (QED) is 0.837. The molecular formula is C16H22N2O3. The zero-order valence-corrected chi connectivity index (χ0v) is 13.0. The molecule has 1 aromatic carbocycles. The molecule has 0 aliphatic heterocycles. The molecule has 0 aliphatic carbocycles. The molecule has 0 bridgehead atoms. The molecule has 1 aromatic rings. The first kappa shape index (κ1) is 16.8. The second kappa shape index (κ2) is 7.53. The van der Waals surface area contributed by atoms with Crippen LogP contribution < -0.4 is 14.8 Å². The van der Waals surface area contributed by atoms with E-state index in [4.69, 9.17) is 14.7 Å². The number of aryl methyl sites for hydroxylation is 1. The van der Waals surface area contributed by atoms with Gasteiger partial charge in [0.05, 0.1) is 19.8 Å². The number of nitriles is 1. The number of hydrogen-bond donors (Lipinski definition) is 1. The molecule has 0 saturated heterocycles. The lowest BCUT2D eigenvalue weighted by Gasteiger charge is -2.17. The van der Waals surface area contributed by atoms with Crippen LogP contribution >= 0.6 is 0 Å². The first-order valence-corrected chi connectivity index (χ1v) is 6.94. The zero-order chi connectivity index (χ0) is 15.9. The van der Waals surface area contributed by atoms with Gasteiger partial charge in [-0.15, -0.1) is 0 Å². The number of carbonyl (C=O) groups excluding carboxylic acids is 1. The Hall–Kier alpha value is -2.22. The third-order valence-corrected chi connectivity index (χ3v) is 2.90. The minimum Gasteiger partial charge on any atom is -0.493 e. The van der Waals surface area contributed by atoms with Crippen molar-refractivity contribution in [2.75, 3.05) is 13.7 Å². The van der Waals surface area contributed by atoms with Crippen LogP contribution in [0.4, 0.5) is 0 Å². The molecule has 0 atom stereocenters. The Morgan fingerprint density at radius 3 is 2.67 bits per heavy atom. The smallest absolute Gasteiger partial charge is 0.221 e. The third-order valence-electron chi connectivity index (χ3n) is 2.90. The predicted molar refractivity (Wildman–Crippen MR) is 80.3 cm³/mol. The van der Waals surface area contributed by atoms with E-state index in [0.29, 0.717) is 30.9 Å². The Kier molecular flexibility index (Phi) is 6.04. The normalized spacial score (nSPS) is 10.6. The van der Waals surface area contributed by atoms with E-state index >= 15 is 0 Å². The van der Waals surface area contributed by atoms with Crippen molar-refractivity contribution in [1.82, 2.24) is 5.32 Å². The minimum atomic E-state index is -0.840. The van der Waals surface area contributed by atoms with Crippen LogP contribution in [0.15, 0.2) is 18.2 Å². The maximum atomic E-state index is 11.8. The van der Waals surface area contributed by atoms with Gasteiger partial charge in [-0.25, -0.2) is 0 Å². The van der Waals surface area contributed by atoms with Crippen molar-refractivity contribution in [2.24, 2.45) is 0 Å². The fraction of sp³-hybridized carbons (Fsp3) is 0.500. The van der Waals surface area contributed by atoms with Crippen LogP contribution in [-0.2, 0) is 11.2 Å². The van der Waals surface area contributed by atoms with Crippen LogP contribution in [0.25, 0.3) is 0 Å². The molecule has 1 rings (SSSR count). The van der Waals surface area contributed by atoms with Crippen molar-refractivity contribution in [3.8, 4) is 17.6 Å². The average Bonchev–Trinajstić information content (AvgIpc) is 2.46. The van der Waals surface area contributed by atoms with Crippen molar-refractivity contribution in [1.29, 1.82) is 5.26 Å². The zero-order valence-electron chi connectivity index (χ0n) is 13.0. The van der Waals surface area contributed by atoms with Gasteiger partial charge in [-0.2, -0.15) is 5.26 Å². The number of hydrogen-bond acceptors (Lipinski definition) is 4. The molecule has 0 aliphatic rings. The number of nitrogens with zero attached hydrogens (tertiary/aromatic N) is 1. The second-order valence-corrected chi connectivity index (χ2v) is 5.20. The molecule has 1 N–H and O–H groups in total. The summed E-state index contributed by atoms with van der Waals surface area (Å²) in [6, 6.07) is 7.67. The van der Waals surface area contributed by atoms with Crippen molar-refractivity contribution < 1.29 is 14.3 Å². The van der Waals surface area contributed by atoms with Crippen molar-refractivity contribution in [3.05, 3.63) is 23.8 Å². The molecule has 0 spiro atoms. The van der Waals surface area contributed by atoms with Gasteiger partial charge in [-0.3, -0.25) is 4.79 Å². The van der Waals surface area contributed by atoms with Crippen molar-refractivity contribution in [3.63, 3.8) is 0 Å². The number of ether oxygens (including phenoxy) is 2. The maximum absolute atomic E-state index is 11.8. The predicted octanol–water partition coefficient (Wildman–Crippen LogP) is 2.44. The van der Waals surface area contributed by atoms with Gasteiger partial charge in [0.15, 0.2) is 11.5 Å². The first-order valence-electron chi connectivity index (χ1n) is 6.94. The van der Waals surface area contributed by atoms with E-state index in [0.717, 1.165) is 5.56 Å². The van der Waals surface area contributed by atoms with E-state index in [1.807, 2.05) is 31.2 Å². The summed E-state index contributed by atoms with van der Waals surface area (Å²) in [6.45, 7) is 5.83. The monoisotopic (exact) mass is 290 g/mol. The summed E-state index contributed by atoms with van der Waals surface area (Å²) in [6.07, 6.45) is 0.901. The van der Waals surface area contributed by atoms with Crippen LogP contribution in [0.2, 0.25) is 0 Å².